The number of nitrogens with one attached hydrogen (secondary N) is 1. The summed E-state index contributed by atoms with van der Waals surface area (Å²) in [5, 5.41) is 3.01. The van der Waals surface area contributed by atoms with Crippen LogP contribution in [0.5, 0.6) is 0 Å². The van der Waals surface area contributed by atoms with Gasteiger partial charge in [0.1, 0.15) is 0 Å². The number of nitrogens with zero attached hydrogens (tertiary/aromatic N) is 1. The van der Waals surface area contributed by atoms with Gasteiger partial charge in [-0.3, -0.25) is 9.59 Å². The first-order chi connectivity index (χ1) is 9.97. The van der Waals surface area contributed by atoms with Gasteiger partial charge in [0, 0.05) is 25.6 Å². The minimum atomic E-state index is -0.220. The molecule has 1 fully saturated rings. The molecule has 2 atom stereocenters. The van der Waals surface area contributed by atoms with E-state index in [0.717, 1.165) is 5.56 Å². The molecule has 2 rings (SSSR count). The topological polar surface area (TPSA) is 49.4 Å². The second-order valence-corrected chi connectivity index (χ2v) is 6.20. The Kier molecular flexibility index (Phi) is 4.99. The molecule has 4 nitrogen and oxygen atoms in total. The smallest absolute Gasteiger partial charge is 0.225 e. The van der Waals surface area contributed by atoms with Gasteiger partial charge in [-0.05, 0) is 18.4 Å². The zero-order chi connectivity index (χ0) is 15.4. The second-order valence-electron chi connectivity index (χ2n) is 6.20. The van der Waals surface area contributed by atoms with Crippen LogP contribution in [0.25, 0.3) is 0 Å². The molecule has 0 saturated carbocycles. The van der Waals surface area contributed by atoms with Gasteiger partial charge in [0.25, 0.3) is 0 Å². The Balaban J connectivity index is 1.91. The van der Waals surface area contributed by atoms with Crippen molar-refractivity contribution in [1.29, 1.82) is 0 Å². The molecule has 1 N–H and O–H groups in total. The Morgan fingerprint density at radius 1 is 1.29 bits per heavy atom. The minimum absolute atomic E-state index is 0.000103. The van der Waals surface area contributed by atoms with E-state index in [9.17, 15) is 9.59 Å². The first-order valence-electron chi connectivity index (χ1n) is 7.59. The molecular formula is C17H24N2O2. The largest absolute Gasteiger partial charge is 0.353 e. The maximum absolute atomic E-state index is 12.2. The van der Waals surface area contributed by atoms with Crippen molar-refractivity contribution in [3.05, 3.63) is 35.9 Å². The molecule has 114 valence electrons. The van der Waals surface area contributed by atoms with Crippen LogP contribution in [0.15, 0.2) is 30.3 Å². The molecule has 1 aromatic rings. The van der Waals surface area contributed by atoms with Gasteiger partial charge in [-0.1, -0.05) is 44.2 Å². The van der Waals surface area contributed by atoms with E-state index in [4.69, 9.17) is 0 Å². The highest BCUT2D eigenvalue weighted by Crippen LogP contribution is 2.20. The molecule has 0 bridgehead atoms. The SMILES string of the molecule is CC(C)C(C)NC(=O)C1CC(=O)N(Cc2ccccc2)C1. The van der Waals surface area contributed by atoms with Crippen LogP contribution >= 0.6 is 0 Å². The molecule has 2 unspecified atom stereocenters. The van der Waals surface area contributed by atoms with E-state index in [1.807, 2.05) is 37.3 Å². The fraction of sp³-hybridized carbons (Fsp3) is 0.529. The summed E-state index contributed by atoms with van der Waals surface area (Å²) in [7, 11) is 0. The lowest BCUT2D eigenvalue weighted by Gasteiger charge is -2.20. The van der Waals surface area contributed by atoms with Crippen LogP contribution in [0.1, 0.15) is 32.8 Å². The molecule has 0 radical (unpaired) electrons. The highest BCUT2D eigenvalue weighted by Gasteiger charge is 2.34. The van der Waals surface area contributed by atoms with E-state index in [1.54, 1.807) is 4.90 Å². The number of carbonyl (C=O) groups excluding carboxylic acids is 2. The Labute approximate surface area is 126 Å². The third kappa shape index (κ3) is 4.06. The van der Waals surface area contributed by atoms with Gasteiger partial charge in [0.15, 0.2) is 0 Å². The number of benzene rings is 1. The molecular weight excluding hydrogens is 264 g/mol. The Morgan fingerprint density at radius 3 is 2.57 bits per heavy atom. The summed E-state index contributed by atoms with van der Waals surface area (Å²) in [5.74, 6) is 0.241. The monoisotopic (exact) mass is 288 g/mol. The molecule has 21 heavy (non-hydrogen) atoms. The fourth-order valence-electron chi connectivity index (χ4n) is 2.41. The van der Waals surface area contributed by atoms with E-state index in [-0.39, 0.29) is 23.8 Å². The maximum atomic E-state index is 12.2. The molecule has 0 spiro atoms. The Bertz CT molecular complexity index is 499. The van der Waals surface area contributed by atoms with Crippen LogP contribution in [-0.2, 0) is 16.1 Å². The number of hydrogen-bond donors (Lipinski definition) is 1. The summed E-state index contributed by atoms with van der Waals surface area (Å²) >= 11 is 0. The first kappa shape index (κ1) is 15.5. The van der Waals surface area contributed by atoms with Gasteiger partial charge in [0.2, 0.25) is 11.8 Å². The van der Waals surface area contributed by atoms with Crippen molar-refractivity contribution in [2.24, 2.45) is 11.8 Å². The predicted octanol–water partition coefficient (Wildman–Crippen LogP) is 2.20. The molecule has 1 aliphatic heterocycles. The van der Waals surface area contributed by atoms with Crippen molar-refractivity contribution in [2.75, 3.05) is 6.54 Å². The molecule has 2 amide bonds. The number of rotatable bonds is 5. The van der Waals surface area contributed by atoms with Crippen LogP contribution in [-0.4, -0.2) is 29.3 Å². The van der Waals surface area contributed by atoms with Crippen molar-refractivity contribution in [1.82, 2.24) is 10.2 Å². The second kappa shape index (κ2) is 6.74. The molecule has 0 aromatic heterocycles. The summed E-state index contributed by atoms with van der Waals surface area (Å²) in [6.07, 6.45) is 0.323. The van der Waals surface area contributed by atoms with E-state index >= 15 is 0 Å². The average molecular weight is 288 g/mol. The first-order valence-corrected chi connectivity index (χ1v) is 7.59. The summed E-state index contributed by atoms with van der Waals surface area (Å²) < 4.78 is 0. The normalized spacial score (nSPS) is 19.9. The highest BCUT2D eigenvalue weighted by molar-refractivity contribution is 5.89. The van der Waals surface area contributed by atoms with E-state index in [2.05, 4.69) is 19.2 Å². The fourth-order valence-corrected chi connectivity index (χ4v) is 2.41. The quantitative estimate of drug-likeness (QED) is 0.903. The molecule has 4 heteroatoms. The number of amides is 2. The minimum Gasteiger partial charge on any atom is -0.353 e. The van der Waals surface area contributed by atoms with Crippen LogP contribution in [0.2, 0.25) is 0 Å². The molecule has 1 heterocycles. The van der Waals surface area contributed by atoms with Crippen LogP contribution in [0.4, 0.5) is 0 Å². The van der Waals surface area contributed by atoms with Gasteiger partial charge in [-0.15, -0.1) is 0 Å². The van der Waals surface area contributed by atoms with Crippen LogP contribution < -0.4 is 5.32 Å². The van der Waals surface area contributed by atoms with Crippen molar-refractivity contribution < 1.29 is 9.59 Å². The van der Waals surface area contributed by atoms with Crippen molar-refractivity contribution in [3.8, 4) is 0 Å². The number of likely N-dealkylation sites (tertiary alicyclic amines) is 1. The van der Waals surface area contributed by atoms with Crippen LogP contribution in [0, 0.1) is 11.8 Å². The average Bonchev–Trinajstić information content (AvgIpc) is 2.81. The lowest BCUT2D eigenvalue weighted by molar-refractivity contribution is -0.129. The number of hydrogen-bond acceptors (Lipinski definition) is 2. The van der Waals surface area contributed by atoms with Gasteiger partial charge < -0.3 is 10.2 Å². The van der Waals surface area contributed by atoms with Crippen molar-refractivity contribution >= 4 is 11.8 Å². The zero-order valence-corrected chi connectivity index (χ0v) is 13.0. The molecule has 1 aromatic carbocycles. The van der Waals surface area contributed by atoms with Gasteiger partial charge in [0.05, 0.1) is 5.92 Å². The van der Waals surface area contributed by atoms with Crippen LogP contribution in [0.3, 0.4) is 0 Å². The Hall–Kier alpha value is -1.84. The molecule has 1 saturated heterocycles. The molecule has 1 aliphatic rings. The van der Waals surface area contributed by atoms with Crippen molar-refractivity contribution in [2.45, 2.75) is 39.8 Å². The van der Waals surface area contributed by atoms with E-state index in [0.29, 0.717) is 25.4 Å². The summed E-state index contributed by atoms with van der Waals surface area (Å²) in [6, 6.07) is 10.0. The summed E-state index contributed by atoms with van der Waals surface area (Å²) in [5.41, 5.74) is 1.10. The zero-order valence-electron chi connectivity index (χ0n) is 13.0. The van der Waals surface area contributed by atoms with E-state index in [1.165, 1.54) is 0 Å². The lowest BCUT2D eigenvalue weighted by atomic mass is 10.0. The Morgan fingerprint density at radius 2 is 1.95 bits per heavy atom. The van der Waals surface area contributed by atoms with E-state index < -0.39 is 0 Å². The predicted molar refractivity (Wildman–Crippen MR) is 82.4 cm³/mol. The van der Waals surface area contributed by atoms with Gasteiger partial charge in [-0.2, -0.15) is 0 Å². The van der Waals surface area contributed by atoms with Crippen molar-refractivity contribution in [3.63, 3.8) is 0 Å². The lowest BCUT2D eigenvalue weighted by Crippen LogP contribution is -2.40. The molecule has 0 aliphatic carbocycles. The highest BCUT2D eigenvalue weighted by atomic mass is 16.2. The maximum Gasteiger partial charge on any atom is 0.225 e. The van der Waals surface area contributed by atoms with Gasteiger partial charge >= 0.3 is 0 Å². The third-order valence-electron chi connectivity index (χ3n) is 4.17. The third-order valence-corrected chi connectivity index (χ3v) is 4.17. The standard InChI is InChI=1S/C17H24N2O2/c1-12(2)13(3)18-17(21)15-9-16(20)19(11-15)10-14-7-5-4-6-8-14/h4-8,12-13,15H,9-11H2,1-3H3,(H,18,21). The summed E-state index contributed by atoms with van der Waals surface area (Å²) in [4.78, 5) is 26.1. The summed E-state index contributed by atoms with van der Waals surface area (Å²) in [6.45, 7) is 7.26. The van der Waals surface area contributed by atoms with Gasteiger partial charge in [-0.25, -0.2) is 0 Å². The number of carbonyl (C=O) groups is 2.